The predicted octanol–water partition coefficient (Wildman–Crippen LogP) is -0.0757. The number of benzene rings is 1. The zero-order valence-corrected chi connectivity index (χ0v) is 11.5. The smallest absolute Gasteiger partial charge is 0.251 e. The number of aromatic nitrogens is 3. The summed E-state index contributed by atoms with van der Waals surface area (Å²) >= 11 is 0. The van der Waals surface area contributed by atoms with Crippen LogP contribution in [0.15, 0.2) is 18.2 Å². The van der Waals surface area contributed by atoms with Gasteiger partial charge in [0.15, 0.2) is 0 Å². The van der Waals surface area contributed by atoms with Crippen molar-refractivity contribution in [2.45, 2.75) is 25.9 Å². The summed E-state index contributed by atoms with van der Waals surface area (Å²) in [6.45, 7) is 3.54. The summed E-state index contributed by atoms with van der Waals surface area (Å²) in [4.78, 5) is 12.1. The zero-order valence-electron chi connectivity index (χ0n) is 11.5. The molecule has 0 radical (unpaired) electrons. The van der Waals surface area contributed by atoms with Gasteiger partial charge in [-0.15, -0.1) is 5.10 Å². The third-order valence-corrected chi connectivity index (χ3v) is 3.19. The highest BCUT2D eigenvalue weighted by Crippen LogP contribution is 2.14. The second-order valence-corrected chi connectivity index (χ2v) is 4.94. The molecule has 1 amide bonds. The van der Waals surface area contributed by atoms with Gasteiger partial charge in [0, 0.05) is 12.1 Å². The molecule has 108 valence electrons. The van der Waals surface area contributed by atoms with Gasteiger partial charge in [0.1, 0.15) is 5.52 Å². The average molecular weight is 278 g/mol. The molecule has 0 unspecified atom stereocenters. The van der Waals surface area contributed by atoms with Crippen molar-refractivity contribution < 1.29 is 15.0 Å². The molecule has 0 fully saturated rings. The molecule has 0 aliphatic rings. The van der Waals surface area contributed by atoms with Crippen molar-refractivity contribution >= 4 is 16.9 Å². The Morgan fingerprint density at radius 3 is 2.70 bits per heavy atom. The Morgan fingerprint density at radius 1 is 1.40 bits per heavy atom. The van der Waals surface area contributed by atoms with E-state index in [9.17, 15) is 15.0 Å². The fraction of sp³-hybridized carbons (Fsp3) is 0.462. The molecule has 1 aromatic carbocycles. The summed E-state index contributed by atoms with van der Waals surface area (Å²) in [5.41, 5.74) is 0.853. The molecule has 0 bridgehead atoms. The number of aliphatic hydroxyl groups is 2. The van der Waals surface area contributed by atoms with Crippen molar-refractivity contribution in [3.8, 4) is 0 Å². The van der Waals surface area contributed by atoms with Crippen LogP contribution in [0.5, 0.6) is 0 Å². The number of aliphatic hydroxyl groups excluding tert-OH is 2. The third-order valence-electron chi connectivity index (χ3n) is 3.19. The van der Waals surface area contributed by atoms with Gasteiger partial charge in [-0.25, -0.2) is 4.68 Å². The van der Waals surface area contributed by atoms with Crippen LogP contribution in [-0.2, 0) is 6.54 Å². The first kappa shape index (κ1) is 14.4. The first-order valence-corrected chi connectivity index (χ1v) is 6.40. The molecule has 1 heterocycles. The number of amides is 1. The maximum atomic E-state index is 12.1. The van der Waals surface area contributed by atoms with Gasteiger partial charge >= 0.3 is 0 Å². The van der Waals surface area contributed by atoms with Gasteiger partial charge in [-0.3, -0.25) is 4.79 Å². The quantitative estimate of drug-likeness (QED) is 0.710. The van der Waals surface area contributed by atoms with Crippen molar-refractivity contribution in [3.63, 3.8) is 0 Å². The minimum Gasteiger partial charge on any atom is -0.394 e. The standard InChI is InChI=1S/C13H18N4O3/c1-3-17-11-5-4-9(6-10(11)15-16-17)12(20)14-13(2,7-18)8-19/h4-6,18-19H,3,7-8H2,1-2H3,(H,14,20). The minimum absolute atomic E-state index is 0.344. The van der Waals surface area contributed by atoms with E-state index in [1.54, 1.807) is 29.8 Å². The van der Waals surface area contributed by atoms with E-state index in [4.69, 9.17) is 0 Å². The second-order valence-electron chi connectivity index (χ2n) is 4.94. The van der Waals surface area contributed by atoms with Crippen molar-refractivity contribution in [1.29, 1.82) is 0 Å². The second kappa shape index (κ2) is 5.56. The number of fused-ring (bicyclic) bond motifs is 1. The normalized spacial score (nSPS) is 11.8. The van der Waals surface area contributed by atoms with E-state index in [0.29, 0.717) is 17.6 Å². The van der Waals surface area contributed by atoms with Gasteiger partial charge < -0.3 is 15.5 Å². The number of carbonyl (C=O) groups excluding carboxylic acids is 1. The van der Waals surface area contributed by atoms with E-state index in [0.717, 1.165) is 5.52 Å². The SMILES string of the molecule is CCn1nnc2cc(C(=O)NC(C)(CO)CO)ccc21. The van der Waals surface area contributed by atoms with E-state index in [1.807, 2.05) is 6.92 Å². The average Bonchev–Trinajstić information content (AvgIpc) is 2.89. The molecule has 20 heavy (non-hydrogen) atoms. The van der Waals surface area contributed by atoms with E-state index < -0.39 is 5.54 Å². The Morgan fingerprint density at radius 2 is 2.10 bits per heavy atom. The monoisotopic (exact) mass is 278 g/mol. The van der Waals surface area contributed by atoms with Gasteiger partial charge in [-0.2, -0.15) is 0 Å². The molecule has 2 aromatic rings. The lowest BCUT2D eigenvalue weighted by atomic mass is 10.0. The first-order chi connectivity index (χ1) is 9.53. The van der Waals surface area contributed by atoms with Crippen LogP contribution in [0.4, 0.5) is 0 Å². The van der Waals surface area contributed by atoms with Crippen molar-refractivity contribution in [3.05, 3.63) is 23.8 Å². The lowest BCUT2D eigenvalue weighted by Gasteiger charge is -2.26. The van der Waals surface area contributed by atoms with Gasteiger partial charge in [-0.05, 0) is 32.0 Å². The van der Waals surface area contributed by atoms with Gasteiger partial charge in [-0.1, -0.05) is 5.21 Å². The summed E-state index contributed by atoms with van der Waals surface area (Å²) in [6, 6.07) is 5.09. The molecule has 1 aromatic heterocycles. The summed E-state index contributed by atoms with van der Waals surface area (Å²) < 4.78 is 1.74. The molecule has 0 atom stereocenters. The molecule has 7 heteroatoms. The zero-order chi connectivity index (χ0) is 14.8. The lowest BCUT2D eigenvalue weighted by molar-refractivity contribution is 0.0724. The van der Waals surface area contributed by atoms with E-state index in [1.165, 1.54) is 0 Å². The number of nitrogens with one attached hydrogen (secondary N) is 1. The maximum absolute atomic E-state index is 12.1. The summed E-state index contributed by atoms with van der Waals surface area (Å²) in [5, 5.41) is 29.0. The number of nitrogens with zero attached hydrogens (tertiary/aromatic N) is 3. The molecule has 0 saturated carbocycles. The number of hydrogen-bond acceptors (Lipinski definition) is 5. The fourth-order valence-electron chi connectivity index (χ4n) is 1.82. The molecular formula is C13H18N4O3. The molecule has 7 nitrogen and oxygen atoms in total. The molecule has 0 aliphatic carbocycles. The summed E-state index contributed by atoms with van der Waals surface area (Å²) in [6.07, 6.45) is 0. The molecule has 2 rings (SSSR count). The van der Waals surface area contributed by atoms with Gasteiger partial charge in [0.2, 0.25) is 0 Å². The summed E-state index contributed by atoms with van der Waals surface area (Å²) in [5.74, 6) is -0.372. The molecule has 0 spiro atoms. The Bertz CT molecular complexity index is 619. The molecule has 3 N–H and O–H groups in total. The van der Waals surface area contributed by atoms with Crippen LogP contribution in [0.25, 0.3) is 11.0 Å². The van der Waals surface area contributed by atoms with Crippen LogP contribution < -0.4 is 5.32 Å². The van der Waals surface area contributed by atoms with Crippen LogP contribution in [0.1, 0.15) is 24.2 Å². The van der Waals surface area contributed by atoms with Crippen LogP contribution in [-0.4, -0.2) is 49.9 Å². The summed E-state index contributed by atoms with van der Waals surface area (Å²) in [7, 11) is 0. The van der Waals surface area contributed by atoms with E-state index in [2.05, 4.69) is 15.6 Å². The number of aryl methyl sites for hydroxylation is 1. The van der Waals surface area contributed by atoms with Gasteiger partial charge in [0.25, 0.3) is 5.91 Å². The minimum atomic E-state index is -1.05. The Labute approximate surface area is 116 Å². The van der Waals surface area contributed by atoms with E-state index >= 15 is 0 Å². The molecule has 0 saturated heterocycles. The number of rotatable bonds is 5. The van der Waals surface area contributed by atoms with Crippen LogP contribution in [0.2, 0.25) is 0 Å². The van der Waals surface area contributed by atoms with Gasteiger partial charge in [0.05, 0.1) is 24.3 Å². The third kappa shape index (κ3) is 2.63. The number of hydrogen-bond donors (Lipinski definition) is 3. The highest BCUT2D eigenvalue weighted by atomic mass is 16.3. The van der Waals surface area contributed by atoms with Crippen LogP contribution in [0, 0.1) is 0 Å². The largest absolute Gasteiger partial charge is 0.394 e. The highest BCUT2D eigenvalue weighted by Gasteiger charge is 2.25. The van der Waals surface area contributed by atoms with Crippen LogP contribution >= 0.6 is 0 Å². The van der Waals surface area contributed by atoms with E-state index in [-0.39, 0.29) is 19.1 Å². The highest BCUT2D eigenvalue weighted by molar-refractivity contribution is 5.97. The first-order valence-electron chi connectivity index (χ1n) is 6.40. The molecule has 0 aliphatic heterocycles. The molecular weight excluding hydrogens is 260 g/mol. The predicted molar refractivity (Wildman–Crippen MR) is 73.2 cm³/mol. The van der Waals surface area contributed by atoms with Crippen LogP contribution in [0.3, 0.4) is 0 Å². The topological polar surface area (TPSA) is 100 Å². The Kier molecular flexibility index (Phi) is 4.01. The Balaban J connectivity index is 2.27. The van der Waals surface area contributed by atoms with Crippen molar-refractivity contribution in [2.75, 3.05) is 13.2 Å². The Hall–Kier alpha value is -1.99. The van der Waals surface area contributed by atoms with Crippen molar-refractivity contribution in [2.24, 2.45) is 0 Å². The van der Waals surface area contributed by atoms with Crippen molar-refractivity contribution in [1.82, 2.24) is 20.3 Å². The maximum Gasteiger partial charge on any atom is 0.251 e. The number of carbonyl (C=O) groups is 1. The fourth-order valence-corrected chi connectivity index (χ4v) is 1.82. The lowest BCUT2D eigenvalue weighted by Crippen LogP contribution is -2.51.